The van der Waals surface area contributed by atoms with Crippen molar-refractivity contribution in [3.8, 4) is 0 Å². The Morgan fingerprint density at radius 1 is 1.47 bits per heavy atom. The number of ether oxygens (including phenoxy) is 1. The Hall–Kier alpha value is -0.120. The van der Waals surface area contributed by atoms with Crippen LogP contribution in [0.2, 0.25) is 0 Å². The second-order valence-electron chi connectivity index (χ2n) is 4.83. The van der Waals surface area contributed by atoms with E-state index in [4.69, 9.17) is 4.74 Å². The maximum atomic E-state index is 5.72. The zero-order valence-electron chi connectivity index (χ0n) is 10.4. The lowest BCUT2D eigenvalue weighted by molar-refractivity contribution is 0.0209. The zero-order valence-corrected chi connectivity index (χ0v) is 10.4. The van der Waals surface area contributed by atoms with E-state index in [1.54, 1.807) is 0 Å². The van der Waals surface area contributed by atoms with Crippen molar-refractivity contribution >= 4 is 0 Å². The fourth-order valence-corrected chi connectivity index (χ4v) is 2.10. The largest absolute Gasteiger partial charge is 0.374 e. The van der Waals surface area contributed by atoms with Crippen LogP contribution in [0.4, 0.5) is 0 Å². The Kier molecular flexibility index (Phi) is 5.58. The highest BCUT2D eigenvalue weighted by atomic mass is 16.5. The summed E-state index contributed by atoms with van der Waals surface area (Å²) < 4.78 is 5.72. The lowest BCUT2D eigenvalue weighted by atomic mass is 10.0. The van der Waals surface area contributed by atoms with Crippen LogP contribution < -0.4 is 10.6 Å². The first-order chi connectivity index (χ1) is 7.16. The summed E-state index contributed by atoms with van der Waals surface area (Å²) in [7, 11) is 0. The molecular weight excluding hydrogens is 188 g/mol. The molecule has 2 N–H and O–H groups in total. The van der Waals surface area contributed by atoms with Crippen molar-refractivity contribution in [2.24, 2.45) is 0 Å². The molecule has 0 radical (unpaired) electrons. The second-order valence-corrected chi connectivity index (χ2v) is 4.83. The monoisotopic (exact) mass is 214 g/mol. The second kappa shape index (κ2) is 6.46. The van der Waals surface area contributed by atoms with Crippen molar-refractivity contribution < 1.29 is 4.74 Å². The normalized spacial score (nSPS) is 28.2. The molecule has 2 unspecified atom stereocenters. The van der Waals surface area contributed by atoms with Crippen LogP contribution in [-0.2, 0) is 4.74 Å². The summed E-state index contributed by atoms with van der Waals surface area (Å²) in [5, 5.41) is 6.90. The molecule has 15 heavy (non-hydrogen) atoms. The predicted octanol–water partition coefficient (Wildman–Crippen LogP) is 1.53. The lowest BCUT2D eigenvalue weighted by Crippen LogP contribution is -2.39. The molecule has 0 saturated carbocycles. The summed E-state index contributed by atoms with van der Waals surface area (Å²) in [6, 6.07) is 0.611. The average Bonchev–Trinajstić information content (AvgIpc) is 2.61. The van der Waals surface area contributed by atoms with Crippen LogP contribution in [0.15, 0.2) is 0 Å². The van der Waals surface area contributed by atoms with Crippen molar-refractivity contribution in [3.05, 3.63) is 0 Å². The molecule has 0 spiro atoms. The summed E-state index contributed by atoms with van der Waals surface area (Å²) in [5.74, 6) is 0. The van der Waals surface area contributed by atoms with E-state index in [1.165, 1.54) is 19.3 Å². The molecule has 0 aromatic heterocycles. The molecule has 3 nitrogen and oxygen atoms in total. The van der Waals surface area contributed by atoms with Crippen LogP contribution in [0, 0.1) is 0 Å². The molecule has 1 fully saturated rings. The molecule has 0 aliphatic carbocycles. The minimum absolute atomic E-state index is 0.0986. The van der Waals surface area contributed by atoms with Gasteiger partial charge in [0.05, 0.1) is 5.60 Å². The zero-order chi connectivity index (χ0) is 11.1. The molecule has 1 aliphatic heterocycles. The molecule has 0 aromatic rings. The molecular formula is C12H26N2O. The van der Waals surface area contributed by atoms with Gasteiger partial charge in [-0.2, -0.15) is 0 Å². The fourth-order valence-electron chi connectivity index (χ4n) is 2.10. The third-order valence-corrected chi connectivity index (χ3v) is 3.11. The summed E-state index contributed by atoms with van der Waals surface area (Å²) >= 11 is 0. The number of hydrogen-bond donors (Lipinski definition) is 2. The first-order valence-corrected chi connectivity index (χ1v) is 6.24. The Morgan fingerprint density at radius 3 is 2.87 bits per heavy atom. The van der Waals surface area contributed by atoms with Crippen LogP contribution >= 0.6 is 0 Å². The van der Waals surface area contributed by atoms with E-state index >= 15 is 0 Å². The highest BCUT2D eigenvalue weighted by Crippen LogP contribution is 2.23. The van der Waals surface area contributed by atoms with E-state index in [0.29, 0.717) is 6.04 Å². The number of nitrogens with one attached hydrogen (secondary N) is 2. The predicted molar refractivity (Wildman–Crippen MR) is 64.2 cm³/mol. The van der Waals surface area contributed by atoms with Gasteiger partial charge in [0.15, 0.2) is 0 Å². The lowest BCUT2D eigenvalue weighted by Gasteiger charge is -2.24. The highest BCUT2D eigenvalue weighted by Gasteiger charge is 2.28. The molecule has 1 rings (SSSR count). The van der Waals surface area contributed by atoms with Gasteiger partial charge in [0.25, 0.3) is 0 Å². The van der Waals surface area contributed by atoms with Gasteiger partial charge in [-0.25, -0.2) is 0 Å². The van der Waals surface area contributed by atoms with E-state index in [1.807, 2.05) is 0 Å². The molecule has 0 bridgehead atoms. The van der Waals surface area contributed by atoms with Crippen LogP contribution in [0.5, 0.6) is 0 Å². The fraction of sp³-hybridized carbons (Fsp3) is 1.00. The molecule has 2 atom stereocenters. The van der Waals surface area contributed by atoms with Crippen LogP contribution in [0.1, 0.15) is 40.0 Å². The van der Waals surface area contributed by atoms with Crippen LogP contribution in [0.25, 0.3) is 0 Å². The summed E-state index contributed by atoms with van der Waals surface area (Å²) in [6.07, 6.45) is 3.60. The van der Waals surface area contributed by atoms with Crippen molar-refractivity contribution in [1.29, 1.82) is 0 Å². The Balaban J connectivity index is 2.01. The van der Waals surface area contributed by atoms with Gasteiger partial charge in [-0.05, 0) is 46.2 Å². The van der Waals surface area contributed by atoms with Gasteiger partial charge >= 0.3 is 0 Å². The maximum Gasteiger partial charge on any atom is 0.0779 e. The van der Waals surface area contributed by atoms with Crippen LogP contribution in [-0.4, -0.2) is 37.9 Å². The topological polar surface area (TPSA) is 33.3 Å². The molecule has 1 heterocycles. The van der Waals surface area contributed by atoms with Crippen molar-refractivity contribution in [2.45, 2.75) is 51.7 Å². The maximum absolute atomic E-state index is 5.72. The Labute approximate surface area is 94.0 Å². The van der Waals surface area contributed by atoms with Gasteiger partial charge < -0.3 is 15.4 Å². The molecule has 3 heteroatoms. The van der Waals surface area contributed by atoms with Gasteiger partial charge in [-0.3, -0.25) is 0 Å². The van der Waals surface area contributed by atoms with Gasteiger partial charge in [0.1, 0.15) is 0 Å². The minimum Gasteiger partial charge on any atom is -0.374 e. The van der Waals surface area contributed by atoms with E-state index in [9.17, 15) is 0 Å². The van der Waals surface area contributed by atoms with E-state index < -0.39 is 0 Å². The molecule has 0 amide bonds. The van der Waals surface area contributed by atoms with E-state index in [2.05, 4.69) is 31.4 Å². The standard InChI is InChI=1S/C12H26N2O/c1-4-14-11(2)6-8-13-10-12(3)7-5-9-15-12/h11,13-14H,4-10H2,1-3H3. The van der Waals surface area contributed by atoms with Gasteiger partial charge in [-0.15, -0.1) is 0 Å². The van der Waals surface area contributed by atoms with E-state index in [0.717, 1.165) is 26.2 Å². The number of rotatable bonds is 7. The molecule has 0 aromatic carbocycles. The van der Waals surface area contributed by atoms with Gasteiger partial charge in [0, 0.05) is 19.2 Å². The van der Waals surface area contributed by atoms with Gasteiger partial charge in [-0.1, -0.05) is 6.92 Å². The van der Waals surface area contributed by atoms with Crippen molar-refractivity contribution in [1.82, 2.24) is 10.6 Å². The number of hydrogen-bond acceptors (Lipinski definition) is 3. The van der Waals surface area contributed by atoms with Gasteiger partial charge in [0.2, 0.25) is 0 Å². The Morgan fingerprint density at radius 2 is 2.27 bits per heavy atom. The SMILES string of the molecule is CCNC(C)CCNCC1(C)CCCO1. The molecule has 90 valence electrons. The smallest absolute Gasteiger partial charge is 0.0779 e. The van der Waals surface area contributed by atoms with E-state index in [-0.39, 0.29) is 5.60 Å². The quantitative estimate of drug-likeness (QED) is 0.631. The summed E-state index contributed by atoms with van der Waals surface area (Å²) in [4.78, 5) is 0. The highest BCUT2D eigenvalue weighted by molar-refractivity contribution is 4.82. The Bertz CT molecular complexity index is 167. The first kappa shape index (κ1) is 12.9. The summed E-state index contributed by atoms with van der Waals surface area (Å²) in [6.45, 7) is 10.7. The molecule has 1 aliphatic rings. The van der Waals surface area contributed by atoms with Crippen molar-refractivity contribution in [3.63, 3.8) is 0 Å². The van der Waals surface area contributed by atoms with Crippen molar-refractivity contribution in [2.75, 3.05) is 26.2 Å². The minimum atomic E-state index is 0.0986. The average molecular weight is 214 g/mol. The first-order valence-electron chi connectivity index (χ1n) is 6.24. The molecule has 1 saturated heterocycles. The summed E-state index contributed by atoms with van der Waals surface area (Å²) in [5.41, 5.74) is 0.0986. The third kappa shape index (κ3) is 4.96. The third-order valence-electron chi connectivity index (χ3n) is 3.11. The van der Waals surface area contributed by atoms with Crippen LogP contribution in [0.3, 0.4) is 0 Å².